The van der Waals surface area contributed by atoms with E-state index in [-0.39, 0.29) is 5.41 Å². The van der Waals surface area contributed by atoms with Gasteiger partial charge in [0.25, 0.3) is 0 Å². The molecule has 0 bridgehead atoms. The molecule has 5 rings (SSSR count). The van der Waals surface area contributed by atoms with E-state index in [4.69, 9.17) is 16.6 Å². The fourth-order valence-electron chi connectivity index (χ4n) is 3.55. The van der Waals surface area contributed by atoms with Crippen molar-refractivity contribution in [3.63, 3.8) is 0 Å². The van der Waals surface area contributed by atoms with Gasteiger partial charge in [0.2, 0.25) is 0 Å². The molecule has 0 spiro atoms. The first-order valence-corrected chi connectivity index (χ1v) is 12.6. The molecule has 172 valence electrons. The lowest BCUT2D eigenvalue weighted by atomic mass is 9.98. The van der Waals surface area contributed by atoms with E-state index in [0.717, 1.165) is 43.0 Å². The van der Waals surface area contributed by atoms with Crippen molar-refractivity contribution >= 4 is 38.9 Å². The molecule has 2 aromatic carbocycles. The van der Waals surface area contributed by atoms with Crippen molar-refractivity contribution in [2.45, 2.75) is 32.7 Å². The summed E-state index contributed by atoms with van der Waals surface area (Å²) < 4.78 is 4.88. The van der Waals surface area contributed by atoms with Crippen LogP contribution in [0, 0.1) is 0 Å². The fraction of sp³-hybridized carbons (Fsp3) is 0.208. The molecule has 5 aromatic rings. The van der Waals surface area contributed by atoms with E-state index in [9.17, 15) is 0 Å². The molecule has 0 saturated heterocycles. The molecule has 34 heavy (non-hydrogen) atoms. The Hall–Kier alpha value is -2.88. The van der Waals surface area contributed by atoms with Crippen molar-refractivity contribution in [3.8, 4) is 27.8 Å². The Labute approximate surface area is 214 Å². The first-order chi connectivity index (χ1) is 16.3. The van der Waals surface area contributed by atoms with E-state index in [1.807, 2.05) is 48.5 Å². The molecule has 0 aliphatic heterocycles. The third-order valence-corrected chi connectivity index (χ3v) is 7.43. The third kappa shape index (κ3) is 4.43. The number of benzene rings is 2. The number of halogens is 2. The van der Waals surface area contributed by atoms with Gasteiger partial charge in [-0.1, -0.05) is 71.8 Å². The number of aromatic nitrogens is 7. The number of rotatable bonds is 5. The smallest absolute Gasteiger partial charge is 0.168 e. The second-order valence-electron chi connectivity index (χ2n) is 8.78. The normalized spacial score (nSPS) is 11.8. The third-order valence-electron chi connectivity index (χ3n) is 5.22. The molecule has 3 aromatic heterocycles. The Balaban J connectivity index is 1.80. The predicted octanol–water partition coefficient (Wildman–Crippen LogP) is 6.41. The lowest BCUT2D eigenvalue weighted by Gasteiger charge is -2.14. The van der Waals surface area contributed by atoms with Crippen LogP contribution in [-0.2, 0) is 12.0 Å². The van der Waals surface area contributed by atoms with Crippen molar-refractivity contribution in [3.05, 3.63) is 81.4 Å². The molecule has 0 fully saturated rings. The minimum absolute atomic E-state index is 0.109. The second kappa shape index (κ2) is 9.05. The Morgan fingerprint density at radius 1 is 1.03 bits per heavy atom. The average molecular weight is 555 g/mol. The van der Waals surface area contributed by atoms with Gasteiger partial charge in [0, 0.05) is 21.1 Å². The summed E-state index contributed by atoms with van der Waals surface area (Å²) in [5.74, 6) is 0.727. The van der Waals surface area contributed by atoms with E-state index in [1.54, 1.807) is 22.3 Å². The van der Waals surface area contributed by atoms with Gasteiger partial charge >= 0.3 is 0 Å². The van der Waals surface area contributed by atoms with E-state index >= 15 is 0 Å². The minimum Gasteiger partial charge on any atom is -0.294 e. The van der Waals surface area contributed by atoms with Crippen LogP contribution in [0.15, 0.2) is 65.7 Å². The Morgan fingerprint density at radius 2 is 1.79 bits per heavy atom. The number of nitrogens with zero attached hydrogens (tertiary/aromatic N) is 7. The number of hydrogen-bond acceptors (Lipinski definition) is 6. The van der Waals surface area contributed by atoms with Gasteiger partial charge in [-0.05, 0) is 36.4 Å². The van der Waals surface area contributed by atoms with Crippen LogP contribution in [0.1, 0.15) is 31.5 Å². The molecule has 0 amide bonds. The van der Waals surface area contributed by atoms with Crippen molar-refractivity contribution < 1.29 is 0 Å². The van der Waals surface area contributed by atoms with Crippen LogP contribution in [0.2, 0.25) is 5.02 Å². The second-order valence-corrected chi connectivity index (χ2v) is 11.1. The summed E-state index contributed by atoms with van der Waals surface area (Å²) in [5.41, 5.74) is 3.34. The van der Waals surface area contributed by atoms with E-state index < -0.39 is 0 Å². The molecule has 10 heteroatoms. The van der Waals surface area contributed by atoms with Gasteiger partial charge in [-0.15, -0.1) is 10.2 Å². The summed E-state index contributed by atoms with van der Waals surface area (Å²) in [6.45, 7) is 6.84. The van der Waals surface area contributed by atoms with E-state index in [1.165, 1.54) is 6.33 Å². The van der Waals surface area contributed by atoms with Gasteiger partial charge in [0.15, 0.2) is 5.01 Å². The molecular weight excluding hydrogens is 534 g/mol. The molecule has 0 saturated carbocycles. The highest BCUT2D eigenvalue weighted by Gasteiger charge is 2.27. The van der Waals surface area contributed by atoms with Crippen LogP contribution in [0.25, 0.3) is 27.8 Å². The molecule has 0 unspecified atom stereocenters. The quantitative estimate of drug-likeness (QED) is 0.251. The summed E-state index contributed by atoms with van der Waals surface area (Å²) in [5, 5.41) is 15.7. The zero-order valence-electron chi connectivity index (χ0n) is 18.8. The SMILES string of the molecule is CC(C)(C)c1nnc(-c2nc(-c3ccccc3Cl)n(-c3ccc(Br)cc3)c2Cn2cncn2)s1. The van der Waals surface area contributed by atoms with Gasteiger partial charge in [0.1, 0.15) is 29.2 Å². The summed E-state index contributed by atoms with van der Waals surface area (Å²) in [4.78, 5) is 9.22. The van der Waals surface area contributed by atoms with E-state index in [0.29, 0.717) is 11.6 Å². The van der Waals surface area contributed by atoms with Crippen LogP contribution in [0.3, 0.4) is 0 Å². The van der Waals surface area contributed by atoms with E-state index in [2.05, 4.69) is 61.5 Å². The summed E-state index contributed by atoms with van der Waals surface area (Å²) >= 11 is 11.7. The monoisotopic (exact) mass is 553 g/mol. The fourth-order valence-corrected chi connectivity index (χ4v) is 4.95. The topological polar surface area (TPSA) is 74.3 Å². The lowest BCUT2D eigenvalue weighted by Crippen LogP contribution is -2.10. The molecular formula is C24H21BrClN7S. The van der Waals surface area contributed by atoms with Crippen LogP contribution >= 0.6 is 38.9 Å². The van der Waals surface area contributed by atoms with Crippen LogP contribution in [0.4, 0.5) is 0 Å². The highest BCUT2D eigenvalue weighted by Crippen LogP contribution is 2.38. The first-order valence-electron chi connectivity index (χ1n) is 10.6. The molecule has 0 aliphatic rings. The van der Waals surface area contributed by atoms with Crippen molar-refractivity contribution in [2.24, 2.45) is 0 Å². The Kier molecular flexibility index (Phi) is 6.09. The maximum Gasteiger partial charge on any atom is 0.168 e. The molecule has 0 radical (unpaired) electrons. The van der Waals surface area contributed by atoms with Crippen LogP contribution in [0.5, 0.6) is 0 Å². The van der Waals surface area contributed by atoms with Crippen LogP contribution < -0.4 is 0 Å². The molecule has 0 N–H and O–H groups in total. The van der Waals surface area contributed by atoms with Gasteiger partial charge in [-0.25, -0.2) is 14.6 Å². The van der Waals surface area contributed by atoms with Gasteiger partial charge in [-0.2, -0.15) is 5.10 Å². The first kappa shape index (κ1) is 22.9. The Bertz CT molecular complexity index is 1430. The maximum absolute atomic E-state index is 6.64. The van der Waals surface area contributed by atoms with Crippen molar-refractivity contribution in [1.29, 1.82) is 0 Å². The van der Waals surface area contributed by atoms with Gasteiger partial charge < -0.3 is 0 Å². The largest absolute Gasteiger partial charge is 0.294 e. The van der Waals surface area contributed by atoms with Crippen molar-refractivity contribution in [1.82, 2.24) is 34.5 Å². The van der Waals surface area contributed by atoms with Gasteiger partial charge in [-0.3, -0.25) is 4.57 Å². The average Bonchev–Trinajstić information content (AvgIpc) is 3.55. The predicted molar refractivity (Wildman–Crippen MR) is 138 cm³/mol. The number of imidazole rings is 1. The zero-order chi connectivity index (χ0) is 23.9. The summed E-state index contributed by atoms with van der Waals surface area (Å²) in [6.07, 6.45) is 3.22. The molecule has 0 aliphatic carbocycles. The van der Waals surface area contributed by atoms with Gasteiger partial charge in [0.05, 0.1) is 17.3 Å². The summed E-state index contributed by atoms with van der Waals surface area (Å²) in [7, 11) is 0. The highest BCUT2D eigenvalue weighted by atomic mass is 79.9. The molecule has 3 heterocycles. The number of hydrogen-bond donors (Lipinski definition) is 0. The lowest BCUT2D eigenvalue weighted by molar-refractivity contribution is 0.578. The maximum atomic E-state index is 6.64. The minimum atomic E-state index is -0.109. The zero-order valence-corrected chi connectivity index (χ0v) is 21.9. The van der Waals surface area contributed by atoms with Crippen LogP contribution in [-0.4, -0.2) is 34.5 Å². The van der Waals surface area contributed by atoms with Crippen molar-refractivity contribution in [2.75, 3.05) is 0 Å². The molecule has 0 atom stereocenters. The highest BCUT2D eigenvalue weighted by molar-refractivity contribution is 9.10. The standard InChI is InChI=1S/C24H21BrClN7S/c1-24(2,3)23-31-30-22(34-23)20-19(12-32-14-27-13-28-32)33(16-10-8-15(25)9-11-16)21(29-20)17-6-4-5-7-18(17)26/h4-11,13-14H,12H2,1-3H3. The molecule has 7 nitrogen and oxygen atoms in total. The Morgan fingerprint density at radius 3 is 2.44 bits per heavy atom. The summed E-state index contributed by atoms with van der Waals surface area (Å²) in [6, 6.07) is 15.8.